The molecule has 0 aliphatic carbocycles. The Kier molecular flexibility index (Phi) is 1.72. The number of carbonyl (C=O) groups is 1. The van der Waals surface area contributed by atoms with Gasteiger partial charge in [-0.25, -0.2) is 4.79 Å². The summed E-state index contributed by atoms with van der Waals surface area (Å²) >= 11 is 0. The van der Waals surface area contributed by atoms with Crippen molar-refractivity contribution in [1.29, 1.82) is 0 Å². The average molecular weight is 128 g/mol. The van der Waals surface area contributed by atoms with Crippen LogP contribution in [0.5, 0.6) is 0 Å². The van der Waals surface area contributed by atoms with Crippen molar-refractivity contribution in [1.82, 2.24) is 0 Å². The molecule has 50 valence electrons. The summed E-state index contributed by atoms with van der Waals surface area (Å²) in [6.07, 6.45) is 3.55. The summed E-state index contributed by atoms with van der Waals surface area (Å²) in [4.78, 5) is 10.6. The molecule has 0 fully saturated rings. The third kappa shape index (κ3) is 1.22. The first kappa shape index (κ1) is 6.13. The van der Waals surface area contributed by atoms with Gasteiger partial charge in [-0.1, -0.05) is 0 Å². The monoisotopic (exact) mass is 128 g/mol. The van der Waals surface area contributed by atoms with Crippen LogP contribution >= 0.6 is 0 Å². The number of hydrogen-bond donors (Lipinski definition) is 0. The van der Waals surface area contributed by atoms with Crippen molar-refractivity contribution in [3.63, 3.8) is 0 Å². The molecule has 1 heterocycles. The lowest BCUT2D eigenvalue weighted by molar-refractivity contribution is -0.149. The van der Waals surface area contributed by atoms with E-state index in [-0.39, 0.29) is 5.97 Å². The zero-order chi connectivity index (χ0) is 6.69. The molecule has 1 aliphatic rings. The number of hydrogen-bond acceptors (Lipinski definition) is 3. The summed E-state index contributed by atoms with van der Waals surface area (Å²) in [6.45, 7) is 0. The molecule has 0 radical (unpaired) electrons. The highest BCUT2D eigenvalue weighted by molar-refractivity contribution is 5.75. The summed E-state index contributed by atoms with van der Waals surface area (Å²) in [5.41, 5.74) is 0. The van der Waals surface area contributed by atoms with E-state index in [1.165, 1.54) is 13.4 Å². The maximum atomic E-state index is 10.6. The lowest BCUT2D eigenvalue weighted by atomic mass is 10.3. The molecule has 0 bridgehead atoms. The second kappa shape index (κ2) is 2.53. The van der Waals surface area contributed by atoms with E-state index in [1.807, 2.05) is 0 Å². The molecular formula is C6H8O3. The van der Waals surface area contributed by atoms with Crippen molar-refractivity contribution in [3.05, 3.63) is 12.3 Å². The van der Waals surface area contributed by atoms with Crippen LogP contribution in [0, 0.1) is 0 Å². The fourth-order valence-electron chi connectivity index (χ4n) is 0.668. The van der Waals surface area contributed by atoms with Crippen LogP contribution in [0.1, 0.15) is 6.42 Å². The van der Waals surface area contributed by atoms with Crippen molar-refractivity contribution in [3.8, 4) is 0 Å². The first-order chi connectivity index (χ1) is 4.34. The van der Waals surface area contributed by atoms with Crippen LogP contribution in [-0.2, 0) is 14.3 Å². The van der Waals surface area contributed by atoms with Gasteiger partial charge in [0.05, 0.1) is 13.4 Å². The van der Waals surface area contributed by atoms with Gasteiger partial charge in [0.25, 0.3) is 0 Å². The van der Waals surface area contributed by atoms with E-state index in [2.05, 4.69) is 4.74 Å². The normalized spacial score (nSPS) is 23.4. The fourth-order valence-corrected chi connectivity index (χ4v) is 0.668. The van der Waals surface area contributed by atoms with Gasteiger partial charge in [0.15, 0.2) is 6.10 Å². The molecule has 0 unspecified atom stereocenters. The Hall–Kier alpha value is -0.990. The molecule has 3 nitrogen and oxygen atoms in total. The molecule has 1 aliphatic heterocycles. The third-order valence-corrected chi connectivity index (χ3v) is 1.15. The molecule has 9 heavy (non-hydrogen) atoms. The molecule has 0 aromatic heterocycles. The Bertz CT molecular complexity index is 131. The third-order valence-electron chi connectivity index (χ3n) is 1.15. The highest BCUT2D eigenvalue weighted by Crippen LogP contribution is 2.09. The predicted octanol–water partition coefficient (Wildman–Crippen LogP) is 0.462. The van der Waals surface area contributed by atoms with Gasteiger partial charge in [-0.05, 0) is 6.08 Å². The van der Waals surface area contributed by atoms with Crippen LogP contribution in [0.4, 0.5) is 0 Å². The minimum atomic E-state index is -0.394. The van der Waals surface area contributed by atoms with Crippen LogP contribution in [0.2, 0.25) is 0 Å². The van der Waals surface area contributed by atoms with Crippen molar-refractivity contribution >= 4 is 5.97 Å². The van der Waals surface area contributed by atoms with Crippen molar-refractivity contribution < 1.29 is 14.3 Å². The Labute approximate surface area is 53.3 Å². The molecule has 0 spiro atoms. The number of esters is 1. The van der Waals surface area contributed by atoms with E-state index >= 15 is 0 Å². The Balaban J connectivity index is 2.36. The van der Waals surface area contributed by atoms with Crippen LogP contribution < -0.4 is 0 Å². The van der Waals surface area contributed by atoms with Crippen molar-refractivity contribution in [2.24, 2.45) is 0 Å². The molecule has 0 aromatic carbocycles. The maximum absolute atomic E-state index is 10.6. The van der Waals surface area contributed by atoms with Gasteiger partial charge >= 0.3 is 5.97 Å². The predicted molar refractivity (Wildman–Crippen MR) is 30.6 cm³/mol. The molecular weight excluding hydrogens is 120 g/mol. The van der Waals surface area contributed by atoms with Crippen LogP contribution in [0.15, 0.2) is 12.3 Å². The molecule has 0 N–H and O–H groups in total. The Morgan fingerprint density at radius 2 is 2.67 bits per heavy atom. The van der Waals surface area contributed by atoms with Crippen LogP contribution in [0.25, 0.3) is 0 Å². The Morgan fingerprint density at radius 3 is 3.11 bits per heavy atom. The topological polar surface area (TPSA) is 35.5 Å². The summed E-state index contributed by atoms with van der Waals surface area (Å²) in [6, 6.07) is 0. The largest absolute Gasteiger partial charge is 0.486 e. The zero-order valence-corrected chi connectivity index (χ0v) is 5.16. The molecule has 0 aromatic rings. The van der Waals surface area contributed by atoms with E-state index < -0.39 is 6.10 Å². The zero-order valence-electron chi connectivity index (χ0n) is 5.16. The van der Waals surface area contributed by atoms with Crippen LogP contribution in [-0.4, -0.2) is 19.2 Å². The molecule has 1 rings (SSSR count). The van der Waals surface area contributed by atoms with E-state index in [0.29, 0.717) is 6.42 Å². The Morgan fingerprint density at radius 1 is 1.89 bits per heavy atom. The lowest BCUT2D eigenvalue weighted by Gasteiger charge is -2.05. The van der Waals surface area contributed by atoms with Gasteiger partial charge < -0.3 is 9.47 Å². The SMILES string of the molecule is COC(=O)[C@H]1CC=CO1. The summed E-state index contributed by atoms with van der Waals surface area (Å²) in [5, 5.41) is 0. The van der Waals surface area contributed by atoms with E-state index in [9.17, 15) is 4.79 Å². The summed E-state index contributed by atoms with van der Waals surface area (Å²) < 4.78 is 9.28. The van der Waals surface area contributed by atoms with E-state index in [4.69, 9.17) is 4.74 Å². The van der Waals surface area contributed by atoms with Gasteiger partial charge in [-0.3, -0.25) is 0 Å². The van der Waals surface area contributed by atoms with Gasteiger partial charge in [-0.15, -0.1) is 0 Å². The average Bonchev–Trinajstić information content (AvgIpc) is 2.37. The number of ether oxygens (including phenoxy) is 2. The standard InChI is InChI=1S/C6H8O3/c1-8-6(7)5-3-2-4-9-5/h2,4-5H,3H2,1H3/t5-/m1/s1. The van der Waals surface area contributed by atoms with Gasteiger partial charge in [0, 0.05) is 6.42 Å². The summed E-state index contributed by atoms with van der Waals surface area (Å²) in [7, 11) is 1.35. The number of rotatable bonds is 1. The highest BCUT2D eigenvalue weighted by atomic mass is 16.6. The quantitative estimate of drug-likeness (QED) is 0.481. The smallest absolute Gasteiger partial charge is 0.347 e. The molecule has 0 amide bonds. The fraction of sp³-hybridized carbons (Fsp3) is 0.500. The van der Waals surface area contributed by atoms with E-state index in [1.54, 1.807) is 6.08 Å². The summed E-state index contributed by atoms with van der Waals surface area (Å²) in [5.74, 6) is -0.306. The van der Waals surface area contributed by atoms with Gasteiger partial charge in [-0.2, -0.15) is 0 Å². The number of methoxy groups -OCH3 is 1. The second-order valence-electron chi connectivity index (χ2n) is 1.76. The van der Waals surface area contributed by atoms with Crippen molar-refractivity contribution in [2.75, 3.05) is 7.11 Å². The first-order valence-corrected chi connectivity index (χ1v) is 2.73. The molecule has 0 saturated heterocycles. The minimum absolute atomic E-state index is 0.306. The van der Waals surface area contributed by atoms with Gasteiger partial charge in [0.2, 0.25) is 0 Å². The maximum Gasteiger partial charge on any atom is 0.347 e. The number of carbonyl (C=O) groups excluding carboxylic acids is 1. The highest BCUT2D eigenvalue weighted by Gasteiger charge is 2.20. The van der Waals surface area contributed by atoms with Crippen molar-refractivity contribution in [2.45, 2.75) is 12.5 Å². The molecule has 3 heteroatoms. The molecule has 1 atom stereocenters. The first-order valence-electron chi connectivity index (χ1n) is 2.73. The van der Waals surface area contributed by atoms with Crippen LogP contribution in [0.3, 0.4) is 0 Å². The van der Waals surface area contributed by atoms with Gasteiger partial charge in [0.1, 0.15) is 0 Å². The molecule has 0 saturated carbocycles. The second-order valence-corrected chi connectivity index (χ2v) is 1.76. The van der Waals surface area contributed by atoms with E-state index in [0.717, 1.165) is 0 Å². The minimum Gasteiger partial charge on any atom is -0.486 e. The lowest BCUT2D eigenvalue weighted by Crippen LogP contribution is -2.20.